The van der Waals surface area contributed by atoms with Crippen molar-refractivity contribution in [1.82, 2.24) is 10.2 Å². The van der Waals surface area contributed by atoms with Gasteiger partial charge in [-0.05, 0) is 42.3 Å². The molecular weight excluding hydrogens is 244 g/mol. The molecule has 0 radical (unpaired) electrons. The second-order valence-electron chi connectivity index (χ2n) is 5.27. The summed E-state index contributed by atoms with van der Waals surface area (Å²) in [7, 11) is 0. The third-order valence-corrected chi connectivity index (χ3v) is 3.86. The lowest BCUT2D eigenvalue weighted by atomic mass is 9.99. The zero-order chi connectivity index (χ0) is 13.4. The van der Waals surface area contributed by atoms with Gasteiger partial charge >= 0.3 is 5.97 Å². The number of carboxylic acids is 1. The molecule has 3 rings (SSSR count). The van der Waals surface area contributed by atoms with Crippen molar-refractivity contribution in [2.24, 2.45) is 5.92 Å². The molecule has 0 atom stereocenters. The molecule has 2 N–H and O–H groups in total. The standard InChI is InChI=1S/C14H16N2O3/c17-13(3-9-5-15-6-9)16-7-11-2-1-10(14(18)19)4-12(11)8-16/h1-2,4,9,15H,3,5-8H2,(H,18,19). The van der Waals surface area contributed by atoms with Crippen molar-refractivity contribution in [2.75, 3.05) is 13.1 Å². The normalized spacial score (nSPS) is 18.0. The van der Waals surface area contributed by atoms with E-state index >= 15 is 0 Å². The Balaban J connectivity index is 1.69. The van der Waals surface area contributed by atoms with Gasteiger partial charge in [-0.2, -0.15) is 0 Å². The molecular formula is C14H16N2O3. The lowest BCUT2D eigenvalue weighted by Gasteiger charge is -2.28. The number of rotatable bonds is 3. The zero-order valence-electron chi connectivity index (χ0n) is 10.6. The molecule has 0 bridgehead atoms. The van der Waals surface area contributed by atoms with Crippen molar-refractivity contribution in [3.63, 3.8) is 0 Å². The van der Waals surface area contributed by atoms with Crippen molar-refractivity contribution in [3.05, 3.63) is 34.9 Å². The highest BCUT2D eigenvalue weighted by atomic mass is 16.4. The lowest BCUT2D eigenvalue weighted by Crippen LogP contribution is -2.44. The smallest absolute Gasteiger partial charge is 0.335 e. The molecule has 100 valence electrons. The van der Waals surface area contributed by atoms with Crippen molar-refractivity contribution >= 4 is 11.9 Å². The molecule has 1 fully saturated rings. The first-order chi connectivity index (χ1) is 9.13. The zero-order valence-corrected chi connectivity index (χ0v) is 10.6. The Kier molecular flexibility index (Phi) is 2.98. The number of amides is 1. The first-order valence-corrected chi connectivity index (χ1v) is 6.47. The maximum atomic E-state index is 12.1. The molecule has 0 aliphatic carbocycles. The molecule has 1 aromatic carbocycles. The maximum absolute atomic E-state index is 12.1. The van der Waals surface area contributed by atoms with E-state index in [9.17, 15) is 9.59 Å². The summed E-state index contributed by atoms with van der Waals surface area (Å²) in [5.74, 6) is -0.293. The van der Waals surface area contributed by atoms with Crippen LogP contribution in [0.4, 0.5) is 0 Å². The second kappa shape index (κ2) is 4.66. The molecule has 5 nitrogen and oxygen atoms in total. The molecule has 0 unspecified atom stereocenters. The second-order valence-corrected chi connectivity index (χ2v) is 5.27. The van der Waals surface area contributed by atoms with Crippen LogP contribution in [0.25, 0.3) is 0 Å². The number of carbonyl (C=O) groups excluding carboxylic acids is 1. The van der Waals surface area contributed by atoms with Crippen molar-refractivity contribution in [2.45, 2.75) is 19.5 Å². The van der Waals surface area contributed by atoms with Gasteiger partial charge in [0, 0.05) is 19.5 Å². The number of nitrogens with zero attached hydrogens (tertiary/aromatic N) is 1. The summed E-state index contributed by atoms with van der Waals surface area (Å²) in [6.45, 7) is 3.00. The Bertz CT molecular complexity index is 537. The van der Waals surface area contributed by atoms with Gasteiger partial charge in [-0.25, -0.2) is 4.79 Å². The molecule has 0 saturated carbocycles. The topological polar surface area (TPSA) is 69.6 Å². The molecule has 2 heterocycles. The number of hydrogen-bond donors (Lipinski definition) is 2. The van der Waals surface area contributed by atoms with Crippen LogP contribution in [-0.2, 0) is 17.9 Å². The van der Waals surface area contributed by atoms with Gasteiger partial charge in [-0.3, -0.25) is 4.79 Å². The Labute approximate surface area is 111 Å². The Morgan fingerprint density at radius 2 is 2.00 bits per heavy atom. The number of benzene rings is 1. The van der Waals surface area contributed by atoms with Gasteiger partial charge < -0.3 is 15.3 Å². The number of carboxylic acid groups (broad SMARTS) is 1. The first kappa shape index (κ1) is 12.2. The van der Waals surface area contributed by atoms with Gasteiger partial charge in [0.1, 0.15) is 0 Å². The summed E-state index contributed by atoms with van der Waals surface area (Å²) in [5, 5.41) is 12.1. The monoisotopic (exact) mass is 260 g/mol. The SMILES string of the molecule is O=C(O)c1ccc2c(c1)CN(C(=O)CC1CNC1)C2. The van der Waals surface area contributed by atoms with E-state index in [-0.39, 0.29) is 11.5 Å². The van der Waals surface area contributed by atoms with Crippen LogP contribution in [0.3, 0.4) is 0 Å². The molecule has 2 aliphatic rings. The van der Waals surface area contributed by atoms with Crippen molar-refractivity contribution in [3.8, 4) is 0 Å². The van der Waals surface area contributed by atoms with E-state index in [1.807, 2.05) is 11.0 Å². The number of aromatic carboxylic acids is 1. The third-order valence-electron chi connectivity index (χ3n) is 3.86. The predicted octanol–water partition coefficient (Wildman–Crippen LogP) is 0.837. The fourth-order valence-electron chi connectivity index (χ4n) is 2.57. The number of fused-ring (bicyclic) bond motifs is 1. The summed E-state index contributed by atoms with van der Waals surface area (Å²) in [4.78, 5) is 24.9. The summed E-state index contributed by atoms with van der Waals surface area (Å²) in [6, 6.07) is 5.10. The van der Waals surface area contributed by atoms with Crippen LogP contribution in [0.15, 0.2) is 18.2 Å². The number of nitrogens with one attached hydrogen (secondary N) is 1. The molecule has 1 saturated heterocycles. The molecule has 0 aromatic heterocycles. The molecule has 5 heteroatoms. The van der Waals surface area contributed by atoms with E-state index in [0.717, 1.165) is 24.2 Å². The summed E-state index contributed by atoms with van der Waals surface area (Å²) < 4.78 is 0. The van der Waals surface area contributed by atoms with Gasteiger partial charge in [0.05, 0.1) is 5.56 Å². The Morgan fingerprint density at radius 1 is 1.26 bits per heavy atom. The van der Waals surface area contributed by atoms with Gasteiger partial charge in [0.25, 0.3) is 0 Å². The van der Waals surface area contributed by atoms with E-state index < -0.39 is 5.97 Å². The van der Waals surface area contributed by atoms with E-state index in [4.69, 9.17) is 5.11 Å². The molecule has 1 aromatic rings. The van der Waals surface area contributed by atoms with Gasteiger partial charge in [0.2, 0.25) is 5.91 Å². The minimum atomic E-state index is -0.923. The van der Waals surface area contributed by atoms with Gasteiger partial charge in [0.15, 0.2) is 0 Å². The minimum absolute atomic E-state index is 0.166. The summed E-state index contributed by atoms with van der Waals surface area (Å²) in [5.41, 5.74) is 2.31. The van der Waals surface area contributed by atoms with Crippen LogP contribution in [0.2, 0.25) is 0 Å². The minimum Gasteiger partial charge on any atom is -0.478 e. The summed E-state index contributed by atoms with van der Waals surface area (Å²) in [6.07, 6.45) is 0.590. The van der Waals surface area contributed by atoms with E-state index in [0.29, 0.717) is 25.4 Å². The van der Waals surface area contributed by atoms with E-state index in [1.54, 1.807) is 12.1 Å². The molecule has 2 aliphatic heterocycles. The lowest BCUT2D eigenvalue weighted by molar-refractivity contribution is -0.133. The van der Waals surface area contributed by atoms with Crippen LogP contribution in [0, 0.1) is 5.92 Å². The van der Waals surface area contributed by atoms with Crippen LogP contribution in [0.1, 0.15) is 27.9 Å². The maximum Gasteiger partial charge on any atom is 0.335 e. The third kappa shape index (κ3) is 2.33. The van der Waals surface area contributed by atoms with Crippen molar-refractivity contribution in [1.29, 1.82) is 0 Å². The largest absolute Gasteiger partial charge is 0.478 e. The number of hydrogen-bond acceptors (Lipinski definition) is 3. The first-order valence-electron chi connectivity index (χ1n) is 6.47. The Morgan fingerprint density at radius 3 is 2.63 bits per heavy atom. The number of carbonyl (C=O) groups is 2. The predicted molar refractivity (Wildman–Crippen MR) is 68.6 cm³/mol. The van der Waals surface area contributed by atoms with Crippen molar-refractivity contribution < 1.29 is 14.7 Å². The van der Waals surface area contributed by atoms with Crippen LogP contribution in [-0.4, -0.2) is 35.0 Å². The fourth-order valence-corrected chi connectivity index (χ4v) is 2.57. The van der Waals surface area contributed by atoms with Gasteiger partial charge in [-0.1, -0.05) is 6.07 Å². The quantitative estimate of drug-likeness (QED) is 0.845. The fraction of sp³-hybridized carbons (Fsp3) is 0.429. The molecule has 19 heavy (non-hydrogen) atoms. The highest BCUT2D eigenvalue weighted by molar-refractivity contribution is 5.88. The summed E-state index contributed by atoms with van der Waals surface area (Å²) >= 11 is 0. The molecule has 0 spiro atoms. The van der Waals surface area contributed by atoms with E-state index in [2.05, 4.69) is 5.32 Å². The average Bonchev–Trinajstić information content (AvgIpc) is 2.76. The van der Waals surface area contributed by atoms with Crippen LogP contribution in [0.5, 0.6) is 0 Å². The Hall–Kier alpha value is -1.88. The molecule has 1 amide bonds. The average molecular weight is 260 g/mol. The van der Waals surface area contributed by atoms with Gasteiger partial charge in [-0.15, -0.1) is 0 Å². The highest BCUT2D eigenvalue weighted by Gasteiger charge is 2.27. The van der Waals surface area contributed by atoms with Crippen LogP contribution < -0.4 is 5.32 Å². The van der Waals surface area contributed by atoms with Crippen LogP contribution >= 0.6 is 0 Å². The van der Waals surface area contributed by atoms with E-state index in [1.165, 1.54) is 0 Å². The highest BCUT2D eigenvalue weighted by Crippen LogP contribution is 2.25.